The summed E-state index contributed by atoms with van der Waals surface area (Å²) < 4.78 is 1.56. The zero-order valence-corrected chi connectivity index (χ0v) is 8.60. The number of anilines is 2. The molecular formula is C9H13N5O. The number of nitrogens with one attached hydrogen (secondary N) is 1. The van der Waals surface area contributed by atoms with Crippen molar-refractivity contribution >= 4 is 17.2 Å². The maximum Gasteiger partial charge on any atom is 0.180 e. The van der Waals surface area contributed by atoms with Crippen molar-refractivity contribution in [1.82, 2.24) is 14.6 Å². The van der Waals surface area contributed by atoms with E-state index in [1.807, 2.05) is 6.92 Å². The second-order valence-corrected chi connectivity index (χ2v) is 3.44. The molecule has 2 aromatic heterocycles. The van der Waals surface area contributed by atoms with Crippen LogP contribution in [-0.2, 0) is 0 Å². The Balaban J connectivity index is 2.61. The van der Waals surface area contributed by atoms with Gasteiger partial charge in [-0.05, 0) is 13.8 Å². The Hall–Kier alpha value is -1.82. The highest BCUT2D eigenvalue weighted by atomic mass is 16.3. The summed E-state index contributed by atoms with van der Waals surface area (Å²) in [5, 5.41) is 16.2. The smallest absolute Gasteiger partial charge is 0.180 e. The van der Waals surface area contributed by atoms with Crippen LogP contribution in [0.15, 0.2) is 12.3 Å². The average Bonchev–Trinajstić information content (AvgIpc) is 2.47. The maximum absolute atomic E-state index is 9.26. The van der Waals surface area contributed by atoms with E-state index in [4.69, 9.17) is 5.73 Å². The van der Waals surface area contributed by atoms with Crippen LogP contribution in [0.2, 0.25) is 0 Å². The molecule has 2 heterocycles. The molecule has 0 amide bonds. The van der Waals surface area contributed by atoms with Crippen molar-refractivity contribution in [2.45, 2.75) is 20.1 Å². The highest BCUT2D eigenvalue weighted by Crippen LogP contribution is 2.17. The fraction of sp³-hybridized carbons (Fsp3) is 0.333. The van der Waals surface area contributed by atoms with Crippen molar-refractivity contribution in [3.63, 3.8) is 0 Å². The van der Waals surface area contributed by atoms with Crippen molar-refractivity contribution in [3.8, 4) is 0 Å². The number of nitrogen functional groups attached to an aromatic ring is 1. The van der Waals surface area contributed by atoms with Gasteiger partial charge in [0.25, 0.3) is 0 Å². The topological polar surface area (TPSA) is 88.5 Å². The molecule has 0 aromatic carbocycles. The van der Waals surface area contributed by atoms with E-state index in [-0.39, 0.29) is 0 Å². The second-order valence-electron chi connectivity index (χ2n) is 3.44. The zero-order valence-electron chi connectivity index (χ0n) is 8.60. The monoisotopic (exact) mass is 207 g/mol. The molecule has 2 aromatic rings. The summed E-state index contributed by atoms with van der Waals surface area (Å²) >= 11 is 0. The fourth-order valence-electron chi connectivity index (χ4n) is 1.42. The van der Waals surface area contributed by atoms with Gasteiger partial charge in [0.1, 0.15) is 12.0 Å². The Labute approximate surface area is 86.7 Å². The third-order valence-corrected chi connectivity index (χ3v) is 1.98. The summed E-state index contributed by atoms with van der Waals surface area (Å²) in [6.45, 7) is 3.49. The molecule has 15 heavy (non-hydrogen) atoms. The second kappa shape index (κ2) is 3.39. The Bertz CT molecular complexity index is 490. The molecule has 1 unspecified atom stereocenters. The van der Waals surface area contributed by atoms with Crippen molar-refractivity contribution in [2.75, 3.05) is 11.1 Å². The first-order valence-electron chi connectivity index (χ1n) is 4.63. The molecule has 80 valence electrons. The van der Waals surface area contributed by atoms with Crippen LogP contribution in [0.25, 0.3) is 5.65 Å². The summed E-state index contributed by atoms with van der Waals surface area (Å²) in [6.07, 6.45) is 0.884. The van der Waals surface area contributed by atoms with E-state index < -0.39 is 6.23 Å². The summed E-state index contributed by atoms with van der Waals surface area (Å²) in [7, 11) is 0. The number of hydrogen-bond acceptors (Lipinski definition) is 5. The Morgan fingerprint density at radius 2 is 2.33 bits per heavy atom. The normalized spacial score (nSPS) is 13.0. The van der Waals surface area contributed by atoms with E-state index in [1.54, 1.807) is 17.5 Å². The number of fused-ring (bicyclic) bond motifs is 1. The standard InChI is InChI=1S/C9H13N5O/c1-5-3-8(13-6(2)15)14-9(12-5)7(10)4-11-14/h3-4,6,13,15H,10H2,1-2H3. The van der Waals surface area contributed by atoms with E-state index in [0.29, 0.717) is 17.2 Å². The van der Waals surface area contributed by atoms with E-state index in [2.05, 4.69) is 15.4 Å². The van der Waals surface area contributed by atoms with Crippen molar-refractivity contribution in [2.24, 2.45) is 0 Å². The van der Waals surface area contributed by atoms with Crippen LogP contribution in [0.1, 0.15) is 12.6 Å². The van der Waals surface area contributed by atoms with Crippen molar-refractivity contribution in [1.29, 1.82) is 0 Å². The average molecular weight is 207 g/mol. The molecule has 0 aliphatic heterocycles. The molecule has 0 spiro atoms. The van der Waals surface area contributed by atoms with Gasteiger partial charge in [-0.2, -0.15) is 9.61 Å². The summed E-state index contributed by atoms with van der Waals surface area (Å²) in [4.78, 5) is 4.26. The molecule has 6 heteroatoms. The minimum Gasteiger partial charge on any atom is -0.394 e. The molecule has 0 fully saturated rings. The lowest BCUT2D eigenvalue weighted by molar-refractivity contribution is 0.223. The summed E-state index contributed by atoms with van der Waals surface area (Å²) in [5.74, 6) is 0.671. The lowest BCUT2D eigenvalue weighted by Crippen LogP contribution is -2.16. The molecule has 6 nitrogen and oxygen atoms in total. The van der Waals surface area contributed by atoms with Gasteiger partial charge < -0.3 is 16.2 Å². The third kappa shape index (κ3) is 1.71. The number of hydrogen-bond donors (Lipinski definition) is 3. The fourth-order valence-corrected chi connectivity index (χ4v) is 1.42. The van der Waals surface area contributed by atoms with Crippen molar-refractivity contribution in [3.05, 3.63) is 18.0 Å². The molecule has 0 aliphatic rings. The quantitative estimate of drug-likeness (QED) is 0.619. The predicted molar refractivity (Wildman–Crippen MR) is 57.4 cm³/mol. The number of nitrogens with two attached hydrogens (primary N) is 1. The van der Waals surface area contributed by atoms with Gasteiger partial charge >= 0.3 is 0 Å². The first-order valence-corrected chi connectivity index (χ1v) is 4.63. The molecule has 0 aliphatic carbocycles. The number of aliphatic hydroxyl groups is 1. The van der Waals surface area contributed by atoms with Crippen LogP contribution in [-0.4, -0.2) is 25.9 Å². The van der Waals surface area contributed by atoms with Gasteiger partial charge in [-0.1, -0.05) is 0 Å². The van der Waals surface area contributed by atoms with Crippen LogP contribution in [0, 0.1) is 6.92 Å². The molecule has 0 bridgehead atoms. The molecule has 2 rings (SSSR count). The van der Waals surface area contributed by atoms with E-state index in [0.717, 1.165) is 5.69 Å². The van der Waals surface area contributed by atoms with Crippen molar-refractivity contribution < 1.29 is 5.11 Å². The first-order chi connectivity index (χ1) is 7.08. The van der Waals surface area contributed by atoms with E-state index in [1.165, 1.54) is 6.20 Å². The zero-order chi connectivity index (χ0) is 11.0. The van der Waals surface area contributed by atoms with Gasteiger partial charge in [0, 0.05) is 11.8 Å². The predicted octanol–water partition coefficient (Wildman–Crippen LogP) is 0.370. The van der Waals surface area contributed by atoms with Crippen LogP contribution in [0.3, 0.4) is 0 Å². The number of aryl methyl sites for hydroxylation is 1. The van der Waals surface area contributed by atoms with E-state index in [9.17, 15) is 5.11 Å². The molecule has 4 N–H and O–H groups in total. The lowest BCUT2D eigenvalue weighted by atomic mass is 10.4. The largest absolute Gasteiger partial charge is 0.394 e. The molecule has 0 saturated carbocycles. The molecule has 1 atom stereocenters. The van der Waals surface area contributed by atoms with Crippen LogP contribution in [0.4, 0.5) is 11.5 Å². The minimum atomic E-state index is -0.652. The Kier molecular flexibility index (Phi) is 2.20. The molecular weight excluding hydrogens is 194 g/mol. The van der Waals surface area contributed by atoms with Crippen LogP contribution >= 0.6 is 0 Å². The highest BCUT2D eigenvalue weighted by Gasteiger charge is 2.08. The first kappa shape index (κ1) is 9.72. The Morgan fingerprint density at radius 3 is 3.00 bits per heavy atom. The van der Waals surface area contributed by atoms with E-state index >= 15 is 0 Å². The summed E-state index contributed by atoms with van der Waals surface area (Å²) in [5.41, 5.74) is 7.64. The molecule has 0 saturated heterocycles. The third-order valence-electron chi connectivity index (χ3n) is 1.98. The van der Waals surface area contributed by atoms with Crippen LogP contribution in [0.5, 0.6) is 0 Å². The summed E-state index contributed by atoms with van der Waals surface area (Å²) in [6, 6.07) is 1.80. The number of aromatic nitrogens is 3. The Morgan fingerprint density at radius 1 is 1.60 bits per heavy atom. The number of rotatable bonds is 2. The molecule has 0 radical (unpaired) electrons. The number of aliphatic hydroxyl groups excluding tert-OH is 1. The van der Waals surface area contributed by atoms with Gasteiger partial charge in [-0.3, -0.25) is 0 Å². The van der Waals surface area contributed by atoms with Gasteiger partial charge in [0.15, 0.2) is 5.65 Å². The number of nitrogens with zero attached hydrogens (tertiary/aromatic N) is 3. The highest BCUT2D eigenvalue weighted by molar-refractivity contribution is 5.66. The van der Waals surface area contributed by atoms with Crippen LogP contribution < -0.4 is 11.1 Å². The SMILES string of the molecule is Cc1cc(NC(C)O)n2ncc(N)c2n1. The van der Waals surface area contributed by atoms with Gasteiger partial charge in [0.2, 0.25) is 0 Å². The van der Waals surface area contributed by atoms with Gasteiger partial charge in [-0.15, -0.1) is 0 Å². The lowest BCUT2D eigenvalue weighted by Gasteiger charge is -2.11. The minimum absolute atomic E-state index is 0.521. The maximum atomic E-state index is 9.26. The van der Waals surface area contributed by atoms with Gasteiger partial charge in [0.05, 0.1) is 11.9 Å². The van der Waals surface area contributed by atoms with Gasteiger partial charge in [-0.25, -0.2) is 4.98 Å².